The molecule has 0 spiro atoms. The lowest BCUT2D eigenvalue weighted by Gasteiger charge is -2.38. The largest absolute Gasteiger partial charge is 0.336 e. The fourth-order valence-corrected chi connectivity index (χ4v) is 3.82. The Hall–Kier alpha value is -1.42. The topological polar surface area (TPSA) is 45.2 Å². The van der Waals surface area contributed by atoms with Gasteiger partial charge in [0, 0.05) is 42.1 Å². The summed E-state index contributed by atoms with van der Waals surface area (Å²) in [7, 11) is 0. The van der Waals surface area contributed by atoms with E-state index in [1.54, 1.807) is 6.20 Å². The van der Waals surface area contributed by atoms with Crippen molar-refractivity contribution < 1.29 is 4.79 Å². The predicted molar refractivity (Wildman–Crippen MR) is 83.3 cm³/mol. The maximum Gasteiger partial charge on any atom is 0.254 e. The minimum Gasteiger partial charge on any atom is -0.336 e. The molecular formula is C17H25N3O. The standard InChI is InChI=1S/C17H25N3O/c1-3-8-20(16-10-14-4-5-15(11-16)19-14)17(21)13-6-7-18-12(2)9-13/h6-7,9,14-16,19H,3-5,8,10-11H2,1-2H3. The Morgan fingerprint density at radius 1 is 1.38 bits per heavy atom. The van der Waals surface area contributed by atoms with E-state index in [9.17, 15) is 4.79 Å². The van der Waals surface area contributed by atoms with Crippen LogP contribution in [0.5, 0.6) is 0 Å². The fourth-order valence-electron chi connectivity index (χ4n) is 3.82. The Balaban J connectivity index is 1.79. The highest BCUT2D eigenvalue weighted by atomic mass is 16.2. The number of aromatic nitrogens is 1. The van der Waals surface area contributed by atoms with E-state index in [2.05, 4.69) is 22.1 Å². The summed E-state index contributed by atoms with van der Waals surface area (Å²) in [6.45, 7) is 4.93. The lowest BCUT2D eigenvalue weighted by atomic mass is 9.97. The van der Waals surface area contributed by atoms with Gasteiger partial charge in [-0.3, -0.25) is 9.78 Å². The molecule has 1 aromatic heterocycles. The van der Waals surface area contributed by atoms with Crippen molar-refractivity contribution >= 4 is 5.91 Å². The first-order valence-corrected chi connectivity index (χ1v) is 8.17. The van der Waals surface area contributed by atoms with Gasteiger partial charge in [-0.15, -0.1) is 0 Å². The van der Waals surface area contributed by atoms with Gasteiger partial charge in [0.15, 0.2) is 0 Å². The second-order valence-electron chi connectivity index (χ2n) is 6.45. The van der Waals surface area contributed by atoms with E-state index in [0.717, 1.165) is 37.1 Å². The molecule has 4 nitrogen and oxygen atoms in total. The number of pyridine rings is 1. The van der Waals surface area contributed by atoms with Crippen molar-refractivity contribution in [1.29, 1.82) is 0 Å². The van der Waals surface area contributed by atoms with Crippen LogP contribution in [0.2, 0.25) is 0 Å². The highest BCUT2D eigenvalue weighted by Gasteiger charge is 2.37. The first-order chi connectivity index (χ1) is 10.2. The van der Waals surface area contributed by atoms with E-state index in [-0.39, 0.29) is 5.91 Å². The lowest BCUT2D eigenvalue weighted by Crippen LogP contribution is -2.50. The van der Waals surface area contributed by atoms with Crippen molar-refractivity contribution in [2.75, 3.05) is 6.54 Å². The van der Waals surface area contributed by atoms with Crippen LogP contribution in [0, 0.1) is 6.92 Å². The molecule has 0 radical (unpaired) electrons. The van der Waals surface area contributed by atoms with Crippen LogP contribution in [0.3, 0.4) is 0 Å². The molecule has 2 atom stereocenters. The molecule has 0 saturated carbocycles. The third kappa shape index (κ3) is 3.10. The molecule has 0 aromatic carbocycles. The number of fused-ring (bicyclic) bond motifs is 2. The smallest absolute Gasteiger partial charge is 0.254 e. The van der Waals surface area contributed by atoms with Crippen LogP contribution in [0.15, 0.2) is 18.3 Å². The van der Waals surface area contributed by atoms with Crippen LogP contribution in [0.25, 0.3) is 0 Å². The Morgan fingerprint density at radius 3 is 2.71 bits per heavy atom. The first-order valence-electron chi connectivity index (χ1n) is 8.17. The molecule has 2 aliphatic heterocycles. The summed E-state index contributed by atoms with van der Waals surface area (Å²) >= 11 is 0. The molecule has 21 heavy (non-hydrogen) atoms. The van der Waals surface area contributed by atoms with Crippen LogP contribution >= 0.6 is 0 Å². The second kappa shape index (κ2) is 6.14. The van der Waals surface area contributed by atoms with E-state index >= 15 is 0 Å². The summed E-state index contributed by atoms with van der Waals surface area (Å²) in [6.07, 6.45) is 7.49. The van der Waals surface area contributed by atoms with Crippen LogP contribution in [-0.4, -0.2) is 40.5 Å². The summed E-state index contributed by atoms with van der Waals surface area (Å²) in [6, 6.07) is 5.36. The van der Waals surface area contributed by atoms with Crippen molar-refractivity contribution in [3.8, 4) is 0 Å². The van der Waals surface area contributed by atoms with Crippen LogP contribution in [0.1, 0.15) is 55.1 Å². The molecule has 0 aliphatic carbocycles. The minimum atomic E-state index is 0.175. The SMILES string of the molecule is CCCN(C(=O)c1ccnc(C)c1)C1CC2CCC(C1)N2. The zero-order chi connectivity index (χ0) is 14.8. The monoisotopic (exact) mass is 287 g/mol. The maximum absolute atomic E-state index is 12.9. The van der Waals surface area contributed by atoms with Crippen molar-refractivity contribution in [2.24, 2.45) is 0 Å². The highest BCUT2D eigenvalue weighted by Crippen LogP contribution is 2.30. The molecule has 2 saturated heterocycles. The predicted octanol–water partition coefficient (Wildman–Crippen LogP) is 2.53. The highest BCUT2D eigenvalue weighted by molar-refractivity contribution is 5.94. The number of aryl methyl sites for hydroxylation is 1. The van der Waals surface area contributed by atoms with Gasteiger partial charge in [0.1, 0.15) is 0 Å². The molecule has 2 bridgehead atoms. The van der Waals surface area contributed by atoms with Crippen molar-refractivity contribution in [2.45, 2.75) is 64.1 Å². The van der Waals surface area contributed by atoms with Gasteiger partial charge in [0.2, 0.25) is 0 Å². The Morgan fingerprint density at radius 2 is 2.10 bits per heavy atom. The van der Waals surface area contributed by atoms with Gasteiger partial charge in [0.05, 0.1) is 0 Å². The number of carbonyl (C=O) groups excluding carboxylic acids is 1. The average Bonchev–Trinajstić information content (AvgIpc) is 2.82. The minimum absolute atomic E-state index is 0.175. The van der Waals surface area contributed by atoms with Gasteiger partial charge in [-0.2, -0.15) is 0 Å². The molecule has 2 unspecified atom stereocenters. The quantitative estimate of drug-likeness (QED) is 0.925. The third-order valence-electron chi connectivity index (χ3n) is 4.76. The molecule has 3 heterocycles. The summed E-state index contributed by atoms with van der Waals surface area (Å²) in [5, 5.41) is 3.66. The van der Waals surface area contributed by atoms with E-state index < -0.39 is 0 Å². The first kappa shape index (κ1) is 14.5. The summed E-state index contributed by atoms with van der Waals surface area (Å²) < 4.78 is 0. The van der Waals surface area contributed by atoms with Gasteiger partial charge in [-0.1, -0.05) is 6.92 Å². The third-order valence-corrected chi connectivity index (χ3v) is 4.76. The molecule has 1 N–H and O–H groups in total. The number of hydrogen-bond donors (Lipinski definition) is 1. The maximum atomic E-state index is 12.9. The van der Waals surface area contributed by atoms with E-state index in [1.165, 1.54) is 12.8 Å². The van der Waals surface area contributed by atoms with Gasteiger partial charge < -0.3 is 10.2 Å². The van der Waals surface area contributed by atoms with E-state index in [0.29, 0.717) is 18.1 Å². The van der Waals surface area contributed by atoms with Crippen molar-refractivity contribution in [3.63, 3.8) is 0 Å². The summed E-state index contributed by atoms with van der Waals surface area (Å²) in [4.78, 5) is 19.2. The average molecular weight is 287 g/mol. The molecule has 114 valence electrons. The van der Waals surface area contributed by atoms with E-state index in [4.69, 9.17) is 0 Å². The summed E-state index contributed by atoms with van der Waals surface area (Å²) in [5.74, 6) is 0.175. The Labute approximate surface area is 126 Å². The van der Waals surface area contributed by atoms with Crippen LogP contribution in [-0.2, 0) is 0 Å². The Bertz CT molecular complexity index is 505. The van der Waals surface area contributed by atoms with E-state index in [1.807, 2.05) is 19.1 Å². The van der Waals surface area contributed by atoms with Gasteiger partial charge in [-0.25, -0.2) is 0 Å². The van der Waals surface area contributed by atoms with Gasteiger partial charge in [-0.05, 0) is 51.2 Å². The van der Waals surface area contributed by atoms with Crippen molar-refractivity contribution in [1.82, 2.24) is 15.2 Å². The zero-order valence-electron chi connectivity index (χ0n) is 13.0. The van der Waals surface area contributed by atoms with Gasteiger partial charge >= 0.3 is 0 Å². The molecule has 1 aromatic rings. The second-order valence-corrected chi connectivity index (χ2v) is 6.45. The number of nitrogens with one attached hydrogen (secondary N) is 1. The molecule has 3 rings (SSSR count). The Kier molecular flexibility index (Phi) is 4.24. The van der Waals surface area contributed by atoms with Crippen LogP contribution in [0.4, 0.5) is 0 Å². The lowest BCUT2D eigenvalue weighted by molar-refractivity contribution is 0.0616. The normalized spacial score (nSPS) is 27.6. The van der Waals surface area contributed by atoms with Gasteiger partial charge in [0.25, 0.3) is 5.91 Å². The number of nitrogens with zero attached hydrogens (tertiary/aromatic N) is 2. The molecule has 2 aliphatic rings. The number of hydrogen-bond acceptors (Lipinski definition) is 3. The zero-order valence-corrected chi connectivity index (χ0v) is 13.0. The molecule has 1 amide bonds. The molecule has 4 heteroatoms. The van der Waals surface area contributed by atoms with Crippen molar-refractivity contribution in [3.05, 3.63) is 29.6 Å². The molecule has 2 fully saturated rings. The number of amides is 1. The number of piperidine rings is 1. The molecular weight excluding hydrogens is 262 g/mol. The number of rotatable bonds is 4. The fraction of sp³-hybridized carbons (Fsp3) is 0.647. The van der Waals surface area contributed by atoms with Crippen LogP contribution < -0.4 is 5.32 Å². The summed E-state index contributed by atoms with van der Waals surface area (Å²) in [5.41, 5.74) is 1.68. The number of carbonyl (C=O) groups is 1.